The van der Waals surface area contributed by atoms with E-state index in [1.54, 1.807) is 0 Å². The monoisotopic (exact) mass is 409 g/mol. The molecule has 158 valence electrons. The van der Waals surface area contributed by atoms with Crippen molar-refractivity contribution in [3.8, 4) is 11.8 Å². The maximum Gasteiger partial charge on any atom is 0.134 e. The SMILES string of the molecule is CCC[C@@H]1[C@H](c2ccccc2)N[C@@H](c2ccccc2)[C@@H](C)[C@@]1(O)C#Cc1ccccc1. The molecule has 0 unspecified atom stereocenters. The minimum atomic E-state index is -1.11. The summed E-state index contributed by atoms with van der Waals surface area (Å²) in [6, 6.07) is 30.9. The highest BCUT2D eigenvalue weighted by Crippen LogP contribution is 2.48. The third-order valence-corrected chi connectivity index (χ3v) is 6.62. The first kappa shape index (κ1) is 21.4. The van der Waals surface area contributed by atoms with Gasteiger partial charge in [0, 0.05) is 29.5 Å². The lowest BCUT2D eigenvalue weighted by Crippen LogP contribution is -2.58. The van der Waals surface area contributed by atoms with E-state index in [0.29, 0.717) is 0 Å². The first-order valence-electron chi connectivity index (χ1n) is 11.3. The summed E-state index contributed by atoms with van der Waals surface area (Å²) in [5.41, 5.74) is 2.21. The van der Waals surface area contributed by atoms with Crippen LogP contribution < -0.4 is 5.32 Å². The number of piperidine rings is 1. The lowest BCUT2D eigenvalue weighted by molar-refractivity contribution is -0.0749. The maximum absolute atomic E-state index is 12.2. The summed E-state index contributed by atoms with van der Waals surface area (Å²) in [5, 5.41) is 16.1. The van der Waals surface area contributed by atoms with E-state index < -0.39 is 5.60 Å². The van der Waals surface area contributed by atoms with Gasteiger partial charge in [-0.25, -0.2) is 0 Å². The van der Waals surface area contributed by atoms with Gasteiger partial charge < -0.3 is 10.4 Å². The average Bonchev–Trinajstić information content (AvgIpc) is 2.83. The van der Waals surface area contributed by atoms with Crippen LogP contribution in [0.2, 0.25) is 0 Å². The first-order chi connectivity index (χ1) is 15.1. The molecule has 1 aliphatic heterocycles. The minimum Gasteiger partial charge on any atom is -0.377 e. The standard InChI is InChI=1S/C29H31NO/c1-3-13-26-28(25-18-11-6-12-19-25)30-27(24-16-9-5-10-17-24)22(2)29(26,31)21-20-23-14-7-4-8-15-23/h4-12,14-19,22,26-28,30-31H,3,13H2,1-2H3/t22-,26-,27-,28+,29+/m1/s1. The van der Waals surface area contributed by atoms with Gasteiger partial charge in [0.1, 0.15) is 5.60 Å². The molecule has 2 N–H and O–H groups in total. The maximum atomic E-state index is 12.2. The number of aliphatic hydroxyl groups is 1. The van der Waals surface area contributed by atoms with Crippen LogP contribution in [0.15, 0.2) is 91.0 Å². The van der Waals surface area contributed by atoms with Gasteiger partial charge >= 0.3 is 0 Å². The van der Waals surface area contributed by atoms with Crippen LogP contribution in [0.1, 0.15) is 55.5 Å². The van der Waals surface area contributed by atoms with E-state index in [4.69, 9.17) is 0 Å². The Bertz CT molecular complexity index is 1020. The topological polar surface area (TPSA) is 32.3 Å². The molecule has 0 bridgehead atoms. The highest BCUT2D eigenvalue weighted by molar-refractivity contribution is 5.39. The van der Waals surface area contributed by atoms with Gasteiger partial charge in [-0.2, -0.15) is 0 Å². The Labute approximate surface area is 186 Å². The van der Waals surface area contributed by atoms with Crippen LogP contribution in [-0.2, 0) is 0 Å². The van der Waals surface area contributed by atoms with Crippen molar-refractivity contribution in [1.29, 1.82) is 0 Å². The molecule has 0 radical (unpaired) electrons. The van der Waals surface area contributed by atoms with Crippen LogP contribution in [0, 0.1) is 23.7 Å². The molecule has 1 aliphatic rings. The fourth-order valence-corrected chi connectivity index (χ4v) is 4.93. The van der Waals surface area contributed by atoms with E-state index >= 15 is 0 Å². The van der Waals surface area contributed by atoms with Crippen LogP contribution >= 0.6 is 0 Å². The van der Waals surface area contributed by atoms with Gasteiger partial charge in [-0.15, -0.1) is 0 Å². The van der Waals surface area contributed by atoms with Crippen molar-refractivity contribution in [1.82, 2.24) is 5.32 Å². The van der Waals surface area contributed by atoms with Crippen molar-refractivity contribution in [2.45, 2.75) is 44.4 Å². The minimum absolute atomic E-state index is 0.00826. The van der Waals surface area contributed by atoms with Crippen LogP contribution in [0.5, 0.6) is 0 Å². The molecule has 1 fully saturated rings. The third kappa shape index (κ3) is 4.44. The second-order valence-corrected chi connectivity index (χ2v) is 8.57. The molecule has 1 heterocycles. The summed E-state index contributed by atoms with van der Waals surface area (Å²) in [6.07, 6.45) is 1.89. The van der Waals surface area contributed by atoms with Gasteiger partial charge in [0.15, 0.2) is 0 Å². The molecule has 2 heteroatoms. The Hall–Kier alpha value is -2.86. The van der Waals surface area contributed by atoms with Gasteiger partial charge in [-0.05, 0) is 29.7 Å². The summed E-state index contributed by atoms with van der Waals surface area (Å²) in [4.78, 5) is 0. The number of nitrogens with one attached hydrogen (secondary N) is 1. The molecule has 1 saturated heterocycles. The summed E-state index contributed by atoms with van der Waals surface area (Å²) >= 11 is 0. The second kappa shape index (κ2) is 9.52. The van der Waals surface area contributed by atoms with Gasteiger partial charge in [0.25, 0.3) is 0 Å². The fourth-order valence-electron chi connectivity index (χ4n) is 4.93. The van der Waals surface area contributed by atoms with Crippen LogP contribution in [0.3, 0.4) is 0 Å². The van der Waals surface area contributed by atoms with E-state index in [1.807, 2.05) is 42.5 Å². The zero-order chi connectivity index (χ0) is 21.7. The zero-order valence-electron chi connectivity index (χ0n) is 18.3. The summed E-state index contributed by atoms with van der Waals surface area (Å²) in [6.45, 7) is 4.31. The molecular formula is C29H31NO. The Morgan fingerprint density at radius 2 is 1.32 bits per heavy atom. The predicted octanol–water partition coefficient (Wildman–Crippen LogP) is 5.91. The van der Waals surface area contributed by atoms with Crippen molar-refractivity contribution in [2.24, 2.45) is 11.8 Å². The first-order valence-corrected chi connectivity index (χ1v) is 11.3. The van der Waals surface area contributed by atoms with Crippen molar-refractivity contribution in [2.75, 3.05) is 0 Å². The largest absolute Gasteiger partial charge is 0.377 e. The number of benzene rings is 3. The predicted molar refractivity (Wildman–Crippen MR) is 127 cm³/mol. The van der Waals surface area contributed by atoms with Crippen molar-refractivity contribution < 1.29 is 5.11 Å². The lowest BCUT2D eigenvalue weighted by atomic mass is 9.64. The lowest BCUT2D eigenvalue weighted by Gasteiger charge is -2.51. The van der Waals surface area contributed by atoms with E-state index in [1.165, 1.54) is 11.1 Å². The summed E-state index contributed by atoms with van der Waals surface area (Å²) in [5.74, 6) is 6.58. The molecule has 31 heavy (non-hydrogen) atoms. The molecule has 0 spiro atoms. The van der Waals surface area contributed by atoms with Crippen LogP contribution in [0.4, 0.5) is 0 Å². The van der Waals surface area contributed by atoms with E-state index in [9.17, 15) is 5.11 Å². The fraction of sp³-hybridized carbons (Fsp3) is 0.310. The molecular weight excluding hydrogens is 378 g/mol. The summed E-state index contributed by atoms with van der Waals surface area (Å²) < 4.78 is 0. The Morgan fingerprint density at radius 1 is 0.806 bits per heavy atom. The number of hydrogen-bond acceptors (Lipinski definition) is 2. The Morgan fingerprint density at radius 3 is 1.87 bits per heavy atom. The quantitative estimate of drug-likeness (QED) is 0.525. The van der Waals surface area contributed by atoms with Crippen molar-refractivity contribution in [3.05, 3.63) is 108 Å². The Balaban J connectivity index is 1.82. The van der Waals surface area contributed by atoms with Crippen molar-refractivity contribution in [3.63, 3.8) is 0 Å². The molecule has 3 aromatic carbocycles. The van der Waals surface area contributed by atoms with Crippen molar-refractivity contribution >= 4 is 0 Å². The molecule has 5 atom stereocenters. The molecule has 0 amide bonds. The summed E-state index contributed by atoms with van der Waals surface area (Å²) in [7, 11) is 0. The van der Waals surface area contributed by atoms with E-state index in [-0.39, 0.29) is 23.9 Å². The highest BCUT2D eigenvalue weighted by Gasteiger charge is 2.52. The van der Waals surface area contributed by atoms with E-state index in [0.717, 1.165) is 18.4 Å². The average molecular weight is 410 g/mol. The van der Waals surface area contributed by atoms with Gasteiger partial charge in [0.05, 0.1) is 0 Å². The number of rotatable bonds is 4. The van der Waals surface area contributed by atoms with Gasteiger partial charge in [-0.3, -0.25) is 0 Å². The molecule has 0 saturated carbocycles. The second-order valence-electron chi connectivity index (χ2n) is 8.57. The molecule has 3 aromatic rings. The molecule has 4 rings (SSSR count). The van der Waals surface area contributed by atoms with Gasteiger partial charge in [-0.1, -0.05) is 111 Å². The third-order valence-electron chi connectivity index (χ3n) is 6.62. The highest BCUT2D eigenvalue weighted by atomic mass is 16.3. The molecule has 0 aromatic heterocycles. The van der Waals surface area contributed by atoms with Crippen LogP contribution in [-0.4, -0.2) is 10.7 Å². The molecule has 0 aliphatic carbocycles. The van der Waals surface area contributed by atoms with Crippen LogP contribution in [0.25, 0.3) is 0 Å². The zero-order valence-corrected chi connectivity index (χ0v) is 18.3. The normalized spacial score (nSPS) is 27.8. The Kier molecular flexibility index (Phi) is 6.56. The number of hydrogen-bond donors (Lipinski definition) is 2. The smallest absolute Gasteiger partial charge is 0.134 e. The van der Waals surface area contributed by atoms with Gasteiger partial charge in [0.2, 0.25) is 0 Å². The molecule has 2 nitrogen and oxygen atoms in total. The van der Waals surface area contributed by atoms with E-state index in [2.05, 4.69) is 79.5 Å².